The molecule has 0 unspecified atom stereocenters. The third-order valence-electron chi connectivity index (χ3n) is 6.04. The number of carbonyl (C=O) groups is 1. The summed E-state index contributed by atoms with van der Waals surface area (Å²) < 4.78 is 3.18. The van der Waals surface area contributed by atoms with Crippen LogP contribution in [0.15, 0.2) is 71.9 Å². The second-order valence-corrected chi connectivity index (χ2v) is 8.45. The van der Waals surface area contributed by atoms with Crippen LogP contribution in [0.5, 0.6) is 0 Å². The normalized spacial score (nSPS) is 11.0. The van der Waals surface area contributed by atoms with Crippen molar-refractivity contribution in [3.05, 3.63) is 94.3 Å². The first-order valence-corrected chi connectivity index (χ1v) is 11.2. The topological polar surface area (TPSA) is 137 Å². The highest BCUT2D eigenvalue weighted by Crippen LogP contribution is 2.27. The Morgan fingerprint density at radius 3 is 2.53 bits per heavy atom. The van der Waals surface area contributed by atoms with E-state index in [1.165, 1.54) is 4.68 Å². The Morgan fingerprint density at radius 2 is 1.83 bits per heavy atom. The molecule has 0 aliphatic carbocycles. The van der Waals surface area contributed by atoms with Crippen LogP contribution in [-0.2, 0) is 7.05 Å². The van der Waals surface area contributed by atoms with Gasteiger partial charge in [-0.25, -0.2) is 14.6 Å². The highest BCUT2D eigenvalue weighted by atomic mass is 16.2. The smallest absolute Gasteiger partial charge is 0.284 e. The molecule has 0 radical (unpaired) electrons. The maximum Gasteiger partial charge on any atom is 0.284 e. The number of aromatic nitrogens is 6. The monoisotopic (exact) mass is 480 g/mol. The fraction of sp³-hybridized carbons (Fsp3) is 0.115. The average Bonchev–Trinajstić information content (AvgIpc) is 3.47. The van der Waals surface area contributed by atoms with Crippen LogP contribution in [0.4, 0.5) is 11.5 Å². The van der Waals surface area contributed by atoms with Gasteiger partial charge in [-0.15, -0.1) is 0 Å². The number of aryl methyl sites for hydroxylation is 1. The zero-order valence-electron chi connectivity index (χ0n) is 20.0. The summed E-state index contributed by atoms with van der Waals surface area (Å²) in [6, 6.07) is 14.6. The number of carbonyl (C=O) groups excluding carboxylic acids is 1. The number of anilines is 2. The molecule has 0 spiro atoms. The molecule has 0 bridgehead atoms. The molecular formula is C26H24N8O2. The maximum atomic E-state index is 13.2. The quantitative estimate of drug-likeness (QED) is 0.352. The molecule has 36 heavy (non-hydrogen) atoms. The Bertz CT molecular complexity index is 1630. The third-order valence-corrected chi connectivity index (χ3v) is 6.04. The van der Waals surface area contributed by atoms with Crippen LogP contribution < -0.4 is 16.6 Å². The second kappa shape index (κ2) is 8.99. The zero-order chi connectivity index (χ0) is 25.4. The number of H-pyrrole nitrogens is 1. The van der Waals surface area contributed by atoms with Crippen molar-refractivity contribution < 1.29 is 4.79 Å². The lowest BCUT2D eigenvalue weighted by Gasteiger charge is -2.09. The maximum absolute atomic E-state index is 13.2. The van der Waals surface area contributed by atoms with Crippen LogP contribution in [0.2, 0.25) is 0 Å². The number of rotatable bonds is 5. The molecule has 0 saturated carbocycles. The van der Waals surface area contributed by atoms with Crippen LogP contribution in [0.25, 0.3) is 28.2 Å². The lowest BCUT2D eigenvalue weighted by Crippen LogP contribution is -2.25. The van der Waals surface area contributed by atoms with Gasteiger partial charge in [0, 0.05) is 30.1 Å². The predicted octanol–water partition coefficient (Wildman–Crippen LogP) is 3.47. The van der Waals surface area contributed by atoms with Crippen molar-refractivity contribution in [3.8, 4) is 28.2 Å². The Balaban J connectivity index is 1.41. The SMILES string of the molecule is Cc1cccc(-n2c(=O)c(C(=O)Nc3ccc(-c4nc(-c5cn[nH]c5)cnc4N)cc3)c(C)n2C)c1. The van der Waals surface area contributed by atoms with Gasteiger partial charge >= 0.3 is 0 Å². The molecule has 0 aliphatic rings. The van der Waals surface area contributed by atoms with Crippen LogP contribution >= 0.6 is 0 Å². The molecule has 5 aromatic rings. The second-order valence-electron chi connectivity index (χ2n) is 8.45. The number of hydrogen-bond donors (Lipinski definition) is 3. The van der Waals surface area contributed by atoms with Crippen molar-refractivity contribution in [1.82, 2.24) is 29.5 Å². The van der Waals surface area contributed by atoms with Gasteiger partial charge in [0.2, 0.25) is 0 Å². The predicted molar refractivity (Wildman–Crippen MR) is 138 cm³/mol. The number of nitrogens with two attached hydrogens (primary N) is 1. The van der Waals surface area contributed by atoms with Gasteiger partial charge in [-0.3, -0.25) is 19.4 Å². The van der Waals surface area contributed by atoms with Crippen LogP contribution in [0, 0.1) is 13.8 Å². The van der Waals surface area contributed by atoms with Gasteiger partial charge < -0.3 is 11.1 Å². The number of nitrogens with one attached hydrogen (secondary N) is 2. The van der Waals surface area contributed by atoms with E-state index in [2.05, 4.69) is 25.5 Å². The van der Waals surface area contributed by atoms with E-state index < -0.39 is 5.91 Å². The lowest BCUT2D eigenvalue weighted by atomic mass is 10.1. The number of nitrogens with zero attached hydrogens (tertiary/aromatic N) is 5. The molecule has 3 heterocycles. The summed E-state index contributed by atoms with van der Waals surface area (Å²) in [5, 5.41) is 9.51. The molecule has 180 valence electrons. The van der Waals surface area contributed by atoms with Crippen LogP contribution in [-0.4, -0.2) is 35.4 Å². The summed E-state index contributed by atoms with van der Waals surface area (Å²) >= 11 is 0. The molecule has 3 aromatic heterocycles. The molecule has 5 rings (SSSR count). The van der Waals surface area contributed by atoms with E-state index in [9.17, 15) is 9.59 Å². The Labute approximate surface area is 206 Å². The molecule has 0 aliphatic heterocycles. The first-order chi connectivity index (χ1) is 17.3. The van der Waals surface area contributed by atoms with E-state index in [4.69, 9.17) is 5.73 Å². The third kappa shape index (κ3) is 4.05. The van der Waals surface area contributed by atoms with E-state index >= 15 is 0 Å². The van der Waals surface area contributed by atoms with E-state index in [1.807, 2.05) is 31.2 Å². The fourth-order valence-corrected chi connectivity index (χ4v) is 4.07. The Morgan fingerprint density at radius 1 is 1.06 bits per heavy atom. The first-order valence-electron chi connectivity index (χ1n) is 11.2. The summed E-state index contributed by atoms with van der Waals surface area (Å²) in [6.07, 6.45) is 4.96. The van der Waals surface area contributed by atoms with Gasteiger partial charge in [0.25, 0.3) is 11.5 Å². The molecule has 4 N–H and O–H groups in total. The zero-order valence-corrected chi connectivity index (χ0v) is 20.0. The summed E-state index contributed by atoms with van der Waals surface area (Å²) in [6.45, 7) is 3.70. The van der Waals surface area contributed by atoms with Gasteiger partial charge in [-0.05, 0) is 43.7 Å². The van der Waals surface area contributed by atoms with Gasteiger partial charge in [0.1, 0.15) is 17.1 Å². The van der Waals surface area contributed by atoms with E-state index in [0.717, 1.165) is 16.7 Å². The first kappa shape index (κ1) is 22.8. The van der Waals surface area contributed by atoms with Crippen molar-refractivity contribution in [2.45, 2.75) is 13.8 Å². The minimum Gasteiger partial charge on any atom is -0.382 e. The number of benzene rings is 2. The largest absolute Gasteiger partial charge is 0.382 e. The summed E-state index contributed by atoms with van der Waals surface area (Å²) in [7, 11) is 1.76. The summed E-state index contributed by atoms with van der Waals surface area (Å²) in [5.41, 5.74) is 11.3. The molecule has 0 atom stereocenters. The van der Waals surface area contributed by atoms with Gasteiger partial charge in [0.15, 0.2) is 0 Å². The molecule has 1 amide bonds. The number of hydrogen-bond acceptors (Lipinski definition) is 6. The minimum atomic E-state index is -0.478. The summed E-state index contributed by atoms with van der Waals surface area (Å²) in [5.74, 6) is -0.191. The summed E-state index contributed by atoms with van der Waals surface area (Å²) in [4.78, 5) is 35.2. The Hall–Kier alpha value is -4.99. The lowest BCUT2D eigenvalue weighted by molar-refractivity contribution is 0.102. The van der Waals surface area contributed by atoms with Gasteiger partial charge in [-0.1, -0.05) is 24.3 Å². The van der Waals surface area contributed by atoms with Crippen LogP contribution in [0.3, 0.4) is 0 Å². The van der Waals surface area contributed by atoms with Crippen molar-refractivity contribution >= 4 is 17.4 Å². The Kier molecular flexibility index (Phi) is 5.69. The van der Waals surface area contributed by atoms with E-state index in [-0.39, 0.29) is 16.9 Å². The fourth-order valence-electron chi connectivity index (χ4n) is 4.07. The number of aromatic amines is 1. The minimum absolute atomic E-state index is 0.0889. The highest BCUT2D eigenvalue weighted by Gasteiger charge is 2.22. The van der Waals surface area contributed by atoms with Crippen molar-refractivity contribution in [3.63, 3.8) is 0 Å². The molecule has 10 heteroatoms. The van der Waals surface area contributed by atoms with Gasteiger partial charge in [0.05, 0.1) is 29.5 Å². The van der Waals surface area contributed by atoms with Crippen molar-refractivity contribution in [1.29, 1.82) is 0 Å². The molecule has 10 nitrogen and oxygen atoms in total. The average molecular weight is 481 g/mol. The molecule has 0 fully saturated rings. The van der Waals surface area contributed by atoms with Crippen molar-refractivity contribution in [2.24, 2.45) is 7.05 Å². The highest BCUT2D eigenvalue weighted by molar-refractivity contribution is 6.05. The molecular weight excluding hydrogens is 456 g/mol. The standard InChI is InChI=1S/C26H24N8O2/c1-15-5-4-6-20(11-15)34-26(36)22(16(2)33(34)3)25(35)31-19-9-7-17(8-10-19)23-24(27)28-14-21(32-23)18-12-29-30-13-18/h4-14H,1-3H3,(H2,27,28)(H,29,30)(H,31,35). The van der Waals surface area contributed by atoms with Gasteiger partial charge in [-0.2, -0.15) is 5.10 Å². The van der Waals surface area contributed by atoms with Crippen molar-refractivity contribution in [2.75, 3.05) is 11.1 Å². The number of nitrogen functional groups attached to an aromatic ring is 1. The molecule has 2 aromatic carbocycles. The van der Waals surface area contributed by atoms with E-state index in [0.29, 0.717) is 28.5 Å². The van der Waals surface area contributed by atoms with Crippen LogP contribution in [0.1, 0.15) is 21.6 Å². The van der Waals surface area contributed by atoms with E-state index in [1.54, 1.807) is 61.5 Å². The number of amides is 1. The molecule has 0 saturated heterocycles.